The van der Waals surface area contributed by atoms with Crippen LogP contribution in [0.3, 0.4) is 0 Å². The molecule has 4 heterocycles. The molecule has 5 rings (SSSR count). The molecule has 3 aromatic rings. The van der Waals surface area contributed by atoms with Gasteiger partial charge in [-0.25, -0.2) is 0 Å². The van der Waals surface area contributed by atoms with Gasteiger partial charge in [0.05, 0.1) is 18.2 Å². The number of nitrogens with zero attached hydrogens (tertiary/aromatic N) is 2. The zero-order valence-electron chi connectivity index (χ0n) is 17.5. The first-order valence-corrected chi connectivity index (χ1v) is 11.1. The number of H-pyrrole nitrogens is 1. The van der Waals surface area contributed by atoms with Crippen LogP contribution in [0.25, 0.3) is 10.9 Å². The maximum Gasteiger partial charge on any atom is 0.253 e. The van der Waals surface area contributed by atoms with Gasteiger partial charge in [0.2, 0.25) is 6.79 Å². The van der Waals surface area contributed by atoms with Gasteiger partial charge in [0.25, 0.3) is 5.56 Å². The van der Waals surface area contributed by atoms with E-state index in [1.165, 1.54) is 0 Å². The number of fused-ring (bicyclic) bond motifs is 2. The molecule has 32 heavy (non-hydrogen) atoms. The molecule has 2 aliphatic rings. The van der Waals surface area contributed by atoms with Crippen LogP contribution in [-0.4, -0.2) is 46.0 Å². The SMILES string of the molecule is O=c1[nH]c2cc3c(cc2cc1CN(Cc1cccnc1)C(=S)NC[C@@H]1CCCO1)OCO3. The van der Waals surface area contributed by atoms with Crippen molar-refractivity contribution in [2.75, 3.05) is 19.9 Å². The van der Waals surface area contributed by atoms with E-state index in [2.05, 4.69) is 15.3 Å². The second-order valence-corrected chi connectivity index (χ2v) is 8.34. The summed E-state index contributed by atoms with van der Waals surface area (Å²) in [5, 5.41) is 4.78. The third kappa shape index (κ3) is 4.53. The zero-order chi connectivity index (χ0) is 21.9. The van der Waals surface area contributed by atoms with Gasteiger partial charge in [0.1, 0.15) is 0 Å². The lowest BCUT2D eigenvalue weighted by atomic mass is 10.1. The molecule has 0 spiro atoms. The van der Waals surface area contributed by atoms with Gasteiger partial charge in [0, 0.05) is 49.1 Å². The minimum absolute atomic E-state index is 0.158. The first-order valence-electron chi connectivity index (χ1n) is 10.6. The lowest BCUT2D eigenvalue weighted by Crippen LogP contribution is -2.42. The Labute approximate surface area is 190 Å². The number of hydrogen-bond acceptors (Lipinski definition) is 6. The minimum atomic E-state index is -0.158. The number of thiocarbonyl (C=S) groups is 1. The van der Waals surface area contributed by atoms with Crippen LogP contribution >= 0.6 is 12.2 Å². The minimum Gasteiger partial charge on any atom is -0.454 e. The van der Waals surface area contributed by atoms with Crippen molar-refractivity contribution in [3.05, 3.63) is 64.2 Å². The Balaban J connectivity index is 1.39. The van der Waals surface area contributed by atoms with Crippen molar-refractivity contribution in [1.82, 2.24) is 20.2 Å². The van der Waals surface area contributed by atoms with Gasteiger partial charge in [-0.3, -0.25) is 9.78 Å². The van der Waals surface area contributed by atoms with Crippen LogP contribution in [0.1, 0.15) is 24.0 Å². The van der Waals surface area contributed by atoms with Gasteiger partial charge < -0.3 is 29.4 Å². The van der Waals surface area contributed by atoms with Gasteiger partial charge in [0.15, 0.2) is 16.6 Å². The molecule has 2 N–H and O–H groups in total. The fourth-order valence-corrected chi connectivity index (χ4v) is 4.21. The predicted octanol–water partition coefficient (Wildman–Crippen LogP) is 2.71. The topological polar surface area (TPSA) is 88.7 Å². The molecule has 2 aromatic heterocycles. The molecule has 1 atom stereocenters. The summed E-state index contributed by atoms with van der Waals surface area (Å²) in [6.45, 7) is 2.52. The van der Waals surface area contributed by atoms with E-state index in [4.69, 9.17) is 26.4 Å². The molecule has 166 valence electrons. The highest BCUT2D eigenvalue weighted by molar-refractivity contribution is 7.80. The molecule has 0 amide bonds. The first kappa shape index (κ1) is 20.7. The Morgan fingerprint density at radius 1 is 1.25 bits per heavy atom. The molecule has 1 aromatic carbocycles. The second kappa shape index (κ2) is 9.13. The van der Waals surface area contributed by atoms with E-state index in [0.717, 1.165) is 30.4 Å². The van der Waals surface area contributed by atoms with Crippen molar-refractivity contribution in [3.63, 3.8) is 0 Å². The molecule has 9 heteroatoms. The monoisotopic (exact) mass is 452 g/mol. The summed E-state index contributed by atoms with van der Waals surface area (Å²) in [5.41, 5.74) is 2.17. The maximum absolute atomic E-state index is 12.9. The van der Waals surface area contributed by atoms with Crippen LogP contribution in [-0.2, 0) is 17.8 Å². The molecule has 1 saturated heterocycles. The average molecular weight is 453 g/mol. The van der Waals surface area contributed by atoms with Crippen LogP contribution in [0, 0.1) is 0 Å². The number of rotatable bonds is 6. The Bertz CT molecular complexity index is 1180. The number of hydrogen-bond donors (Lipinski definition) is 2. The largest absolute Gasteiger partial charge is 0.454 e. The Kier molecular flexibility index (Phi) is 5.91. The Morgan fingerprint density at radius 2 is 2.12 bits per heavy atom. The number of pyridine rings is 2. The second-order valence-electron chi connectivity index (χ2n) is 7.95. The van der Waals surface area contributed by atoms with Crippen LogP contribution in [0.2, 0.25) is 0 Å². The molecular formula is C23H24N4O4S. The van der Waals surface area contributed by atoms with E-state index in [1.807, 2.05) is 29.2 Å². The van der Waals surface area contributed by atoms with Crippen molar-refractivity contribution >= 4 is 28.2 Å². The first-order chi connectivity index (χ1) is 15.7. The molecule has 0 aliphatic carbocycles. The maximum atomic E-state index is 12.9. The average Bonchev–Trinajstić information content (AvgIpc) is 3.48. The number of nitrogens with one attached hydrogen (secondary N) is 2. The molecule has 1 fully saturated rings. The fraction of sp³-hybridized carbons (Fsp3) is 0.348. The highest BCUT2D eigenvalue weighted by atomic mass is 32.1. The molecule has 0 saturated carbocycles. The summed E-state index contributed by atoms with van der Waals surface area (Å²) >= 11 is 5.70. The summed E-state index contributed by atoms with van der Waals surface area (Å²) in [6, 6.07) is 9.45. The fourth-order valence-electron chi connectivity index (χ4n) is 3.99. The third-order valence-electron chi connectivity index (χ3n) is 5.66. The van der Waals surface area contributed by atoms with Crippen molar-refractivity contribution in [2.45, 2.75) is 32.0 Å². The van der Waals surface area contributed by atoms with Crippen LogP contribution in [0.15, 0.2) is 47.5 Å². The van der Waals surface area contributed by atoms with Crippen molar-refractivity contribution in [3.8, 4) is 11.5 Å². The van der Waals surface area contributed by atoms with Crippen LogP contribution < -0.4 is 20.3 Å². The summed E-state index contributed by atoms with van der Waals surface area (Å²) < 4.78 is 16.6. The molecule has 0 radical (unpaired) electrons. The van der Waals surface area contributed by atoms with E-state index >= 15 is 0 Å². The number of benzene rings is 1. The number of aromatic amines is 1. The van der Waals surface area contributed by atoms with Crippen LogP contribution in [0.4, 0.5) is 0 Å². The Morgan fingerprint density at radius 3 is 2.91 bits per heavy atom. The lowest BCUT2D eigenvalue weighted by Gasteiger charge is -2.26. The summed E-state index contributed by atoms with van der Waals surface area (Å²) in [4.78, 5) is 22.0. The van der Waals surface area contributed by atoms with Gasteiger partial charge in [-0.05, 0) is 48.8 Å². The standard InChI is InChI=1S/C23H24N4O4S/c28-22-17(7-16-8-20-21(31-14-30-20)9-19(16)26-22)13-27(12-15-3-1-5-24-10-15)23(32)25-11-18-4-2-6-29-18/h1,3,5,7-10,18H,2,4,6,11-14H2,(H,25,32)(H,26,28)/t18-/m0/s1. The smallest absolute Gasteiger partial charge is 0.253 e. The molecule has 8 nitrogen and oxygen atoms in total. The molecule has 0 unspecified atom stereocenters. The van der Waals surface area contributed by atoms with Crippen molar-refractivity contribution < 1.29 is 14.2 Å². The summed E-state index contributed by atoms with van der Waals surface area (Å²) in [7, 11) is 0. The van der Waals surface area contributed by atoms with Crippen molar-refractivity contribution in [2.24, 2.45) is 0 Å². The predicted molar refractivity (Wildman–Crippen MR) is 124 cm³/mol. The van der Waals surface area contributed by atoms with E-state index in [1.54, 1.807) is 18.5 Å². The van der Waals surface area contributed by atoms with Gasteiger partial charge in [-0.2, -0.15) is 0 Å². The molecular weight excluding hydrogens is 428 g/mol. The number of ether oxygens (including phenoxy) is 3. The number of aromatic nitrogens is 2. The third-order valence-corrected chi connectivity index (χ3v) is 6.07. The highest BCUT2D eigenvalue weighted by Crippen LogP contribution is 2.35. The van der Waals surface area contributed by atoms with Crippen LogP contribution in [0.5, 0.6) is 11.5 Å². The van der Waals surface area contributed by atoms with E-state index in [9.17, 15) is 4.79 Å². The van der Waals surface area contributed by atoms with E-state index in [0.29, 0.717) is 47.3 Å². The van der Waals surface area contributed by atoms with E-state index < -0.39 is 0 Å². The molecule has 2 aliphatic heterocycles. The van der Waals surface area contributed by atoms with Gasteiger partial charge in [-0.1, -0.05) is 6.07 Å². The Hall–Kier alpha value is -3.17. The lowest BCUT2D eigenvalue weighted by molar-refractivity contribution is 0.113. The summed E-state index contributed by atoms with van der Waals surface area (Å²) in [6.07, 6.45) is 5.81. The zero-order valence-corrected chi connectivity index (χ0v) is 18.3. The normalized spacial score (nSPS) is 16.9. The van der Waals surface area contributed by atoms with Crippen molar-refractivity contribution in [1.29, 1.82) is 0 Å². The molecule has 0 bridgehead atoms. The summed E-state index contributed by atoms with van der Waals surface area (Å²) in [5.74, 6) is 1.31. The van der Waals surface area contributed by atoms with Gasteiger partial charge in [-0.15, -0.1) is 0 Å². The van der Waals surface area contributed by atoms with E-state index in [-0.39, 0.29) is 18.5 Å². The van der Waals surface area contributed by atoms with Gasteiger partial charge >= 0.3 is 0 Å². The quantitative estimate of drug-likeness (QED) is 0.552. The highest BCUT2D eigenvalue weighted by Gasteiger charge is 2.20.